The van der Waals surface area contributed by atoms with Crippen LogP contribution in [0.5, 0.6) is 11.5 Å². The standard InChI is InChI=1S/C26H26N4O6/c1-4-35-24-13-19(15-27-29-26(32)20-6-5-7-21(14-20)30(33)34)9-11-23(24)36-16-25(31)28-22-10-8-17(2)12-18(22)3/h5-15H,4,16H2,1-3H3,(H,28,31)(H,29,32)/b27-15+. The van der Waals surface area contributed by atoms with Crippen LogP contribution < -0.4 is 20.2 Å². The van der Waals surface area contributed by atoms with Gasteiger partial charge >= 0.3 is 0 Å². The molecular formula is C26H26N4O6. The molecule has 0 saturated heterocycles. The fourth-order valence-electron chi connectivity index (χ4n) is 3.27. The predicted octanol–water partition coefficient (Wildman–Crippen LogP) is 4.39. The predicted molar refractivity (Wildman–Crippen MR) is 136 cm³/mol. The Morgan fingerprint density at radius 3 is 2.56 bits per heavy atom. The molecule has 0 fully saturated rings. The Morgan fingerprint density at radius 2 is 1.83 bits per heavy atom. The van der Waals surface area contributed by atoms with Crippen LogP contribution in [0.3, 0.4) is 0 Å². The molecule has 0 aliphatic carbocycles. The smallest absolute Gasteiger partial charge is 0.271 e. The van der Waals surface area contributed by atoms with Gasteiger partial charge in [-0.15, -0.1) is 0 Å². The van der Waals surface area contributed by atoms with Gasteiger partial charge in [-0.1, -0.05) is 23.8 Å². The number of non-ortho nitro benzene ring substituents is 1. The number of nitrogens with zero attached hydrogens (tertiary/aromatic N) is 2. The first-order valence-electron chi connectivity index (χ1n) is 11.1. The van der Waals surface area contributed by atoms with Crippen LogP contribution in [-0.4, -0.2) is 36.2 Å². The monoisotopic (exact) mass is 490 g/mol. The fraction of sp³-hybridized carbons (Fsp3) is 0.192. The second-order valence-corrected chi connectivity index (χ2v) is 7.80. The van der Waals surface area contributed by atoms with Gasteiger partial charge < -0.3 is 14.8 Å². The Hall–Kier alpha value is -4.73. The molecule has 2 amide bonds. The highest BCUT2D eigenvalue weighted by Gasteiger charge is 2.12. The third kappa shape index (κ3) is 7.13. The zero-order valence-electron chi connectivity index (χ0n) is 20.1. The van der Waals surface area contributed by atoms with E-state index in [2.05, 4.69) is 15.8 Å². The molecule has 186 valence electrons. The van der Waals surface area contributed by atoms with Crippen LogP contribution in [0.2, 0.25) is 0 Å². The van der Waals surface area contributed by atoms with Crippen molar-refractivity contribution in [2.45, 2.75) is 20.8 Å². The summed E-state index contributed by atoms with van der Waals surface area (Å²) in [5.41, 5.74) is 5.64. The minimum atomic E-state index is -0.588. The summed E-state index contributed by atoms with van der Waals surface area (Å²) in [5, 5.41) is 17.6. The summed E-state index contributed by atoms with van der Waals surface area (Å²) >= 11 is 0. The van der Waals surface area contributed by atoms with Crippen molar-refractivity contribution < 1.29 is 24.0 Å². The molecule has 36 heavy (non-hydrogen) atoms. The zero-order valence-corrected chi connectivity index (χ0v) is 20.1. The molecule has 3 aromatic rings. The summed E-state index contributed by atoms with van der Waals surface area (Å²) in [6.45, 7) is 5.88. The molecule has 0 atom stereocenters. The number of ether oxygens (including phenoxy) is 2. The number of hydrazone groups is 1. The van der Waals surface area contributed by atoms with Crippen molar-refractivity contribution in [1.82, 2.24) is 5.43 Å². The number of nitro groups is 1. The molecule has 3 rings (SSSR count). The lowest BCUT2D eigenvalue weighted by Gasteiger charge is -2.13. The molecule has 0 radical (unpaired) electrons. The largest absolute Gasteiger partial charge is 0.490 e. The average molecular weight is 491 g/mol. The maximum absolute atomic E-state index is 12.4. The molecule has 0 saturated carbocycles. The highest BCUT2D eigenvalue weighted by atomic mass is 16.6. The van der Waals surface area contributed by atoms with Crippen LogP contribution in [0.4, 0.5) is 11.4 Å². The van der Waals surface area contributed by atoms with E-state index in [0.717, 1.165) is 16.8 Å². The third-order valence-corrected chi connectivity index (χ3v) is 4.98. The number of nitro benzene ring substituents is 1. The number of benzene rings is 3. The van der Waals surface area contributed by atoms with Gasteiger partial charge in [0.25, 0.3) is 17.5 Å². The van der Waals surface area contributed by atoms with Crippen LogP contribution in [0.1, 0.15) is 34.0 Å². The molecule has 2 N–H and O–H groups in total. The van der Waals surface area contributed by atoms with Crippen molar-refractivity contribution in [3.8, 4) is 11.5 Å². The van der Waals surface area contributed by atoms with Crippen molar-refractivity contribution in [2.75, 3.05) is 18.5 Å². The van der Waals surface area contributed by atoms with Crippen molar-refractivity contribution in [1.29, 1.82) is 0 Å². The van der Waals surface area contributed by atoms with Crippen LogP contribution in [0.15, 0.2) is 65.8 Å². The quantitative estimate of drug-likeness (QED) is 0.246. The highest BCUT2D eigenvalue weighted by Crippen LogP contribution is 2.28. The number of nitrogens with one attached hydrogen (secondary N) is 2. The van der Waals surface area contributed by atoms with E-state index in [1.54, 1.807) is 18.2 Å². The summed E-state index contributed by atoms with van der Waals surface area (Å²) in [6, 6.07) is 16.1. The molecule has 10 nitrogen and oxygen atoms in total. The Kier molecular flexibility index (Phi) is 8.71. The number of amides is 2. The summed E-state index contributed by atoms with van der Waals surface area (Å²) in [7, 11) is 0. The van der Waals surface area contributed by atoms with Crippen LogP contribution >= 0.6 is 0 Å². The highest BCUT2D eigenvalue weighted by molar-refractivity contribution is 5.95. The molecule has 0 bridgehead atoms. The minimum absolute atomic E-state index is 0.110. The van der Waals surface area contributed by atoms with E-state index in [0.29, 0.717) is 23.7 Å². The molecule has 0 aliphatic heterocycles. The van der Waals surface area contributed by atoms with E-state index < -0.39 is 10.8 Å². The Balaban J connectivity index is 1.62. The van der Waals surface area contributed by atoms with Crippen molar-refractivity contribution in [3.05, 3.63) is 93.0 Å². The maximum Gasteiger partial charge on any atom is 0.271 e. The van der Waals surface area contributed by atoms with Gasteiger partial charge in [0.15, 0.2) is 18.1 Å². The number of carbonyl (C=O) groups excluding carboxylic acids is 2. The molecule has 0 aliphatic rings. The van der Waals surface area contributed by atoms with E-state index in [9.17, 15) is 19.7 Å². The van der Waals surface area contributed by atoms with Crippen molar-refractivity contribution in [3.63, 3.8) is 0 Å². The van der Waals surface area contributed by atoms with Gasteiger partial charge in [-0.25, -0.2) is 5.43 Å². The molecule has 3 aromatic carbocycles. The van der Waals surface area contributed by atoms with E-state index in [1.165, 1.54) is 30.5 Å². The molecule has 0 spiro atoms. The molecule has 10 heteroatoms. The summed E-state index contributed by atoms with van der Waals surface area (Å²) in [4.78, 5) is 34.9. The summed E-state index contributed by atoms with van der Waals surface area (Å²) in [5.74, 6) is -0.107. The Bertz CT molecular complexity index is 1310. The van der Waals surface area contributed by atoms with E-state index in [1.807, 2.05) is 39.0 Å². The molecular weight excluding hydrogens is 464 g/mol. The molecule has 0 aromatic heterocycles. The van der Waals surface area contributed by atoms with Crippen LogP contribution in [-0.2, 0) is 4.79 Å². The van der Waals surface area contributed by atoms with Gasteiger partial charge in [0.05, 0.1) is 17.7 Å². The lowest BCUT2D eigenvalue weighted by Crippen LogP contribution is -2.21. The number of hydrogen-bond acceptors (Lipinski definition) is 7. The van der Waals surface area contributed by atoms with Gasteiger partial charge in [0, 0.05) is 23.4 Å². The first kappa shape index (κ1) is 25.9. The topological polar surface area (TPSA) is 132 Å². The summed E-state index contributed by atoms with van der Waals surface area (Å²) < 4.78 is 11.3. The van der Waals surface area contributed by atoms with Gasteiger partial charge in [-0.3, -0.25) is 19.7 Å². The third-order valence-electron chi connectivity index (χ3n) is 4.98. The number of hydrogen-bond donors (Lipinski definition) is 2. The summed E-state index contributed by atoms with van der Waals surface area (Å²) in [6.07, 6.45) is 1.40. The first-order chi connectivity index (χ1) is 17.3. The minimum Gasteiger partial charge on any atom is -0.490 e. The van der Waals surface area contributed by atoms with Gasteiger partial charge in [0.2, 0.25) is 0 Å². The second-order valence-electron chi connectivity index (χ2n) is 7.80. The lowest BCUT2D eigenvalue weighted by atomic mass is 10.1. The van der Waals surface area contributed by atoms with E-state index in [4.69, 9.17) is 9.47 Å². The number of rotatable bonds is 10. The van der Waals surface area contributed by atoms with Crippen molar-refractivity contribution >= 4 is 29.4 Å². The van der Waals surface area contributed by atoms with Gasteiger partial charge in [0.1, 0.15) is 0 Å². The second kappa shape index (κ2) is 12.1. The van der Waals surface area contributed by atoms with Crippen LogP contribution in [0.25, 0.3) is 0 Å². The van der Waals surface area contributed by atoms with E-state index in [-0.39, 0.29) is 23.8 Å². The SMILES string of the molecule is CCOc1cc(/C=N/NC(=O)c2cccc([N+](=O)[O-])c2)ccc1OCC(=O)Nc1ccc(C)cc1C. The number of aryl methyl sites for hydroxylation is 2. The first-order valence-corrected chi connectivity index (χ1v) is 11.1. The fourth-order valence-corrected chi connectivity index (χ4v) is 3.27. The Morgan fingerprint density at radius 1 is 1.03 bits per heavy atom. The van der Waals surface area contributed by atoms with Gasteiger partial charge in [-0.2, -0.15) is 5.10 Å². The van der Waals surface area contributed by atoms with Crippen molar-refractivity contribution in [2.24, 2.45) is 5.10 Å². The molecule has 0 unspecified atom stereocenters. The normalized spacial score (nSPS) is 10.6. The Labute approximate surface area is 208 Å². The number of anilines is 1. The van der Waals surface area contributed by atoms with Crippen LogP contribution in [0, 0.1) is 24.0 Å². The molecule has 0 heterocycles. The zero-order chi connectivity index (χ0) is 26.1. The average Bonchev–Trinajstić information content (AvgIpc) is 2.85. The van der Waals surface area contributed by atoms with E-state index >= 15 is 0 Å². The van der Waals surface area contributed by atoms with Gasteiger partial charge in [-0.05, 0) is 62.2 Å². The lowest BCUT2D eigenvalue weighted by molar-refractivity contribution is -0.384. The maximum atomic E-state index is 12.4. The number of carbonyl (C=O) groups is 2.